The van der Waals surface area contributed by atoms with E-state index in [0.717, 1.165) is 34.2 Å². The first kappa shape index (κ1) is 16.2. The summed E-state index contributed by atoms with van der Waals surface area (Å²) < 4.78 is 5.99. The van der Waals surface area contributed by atoms with E-state index < -0.39 is 0 Å². The monoisotopic (exact) mass is 366 g/mol. The van der Waals surface area contributed by atoms with Gasteiger partial charge in [-0.1, -0.05) is 36.7 Å². The van der Waals surface area contributed by atoms with Gasteiger partial charge >= 0.3 is 0 Å². The van der Waals surface area contributed by atoms with Crippen LogP contribution in [0.1, 0.15) is 49.9 Å². The minimum Gasteiger partial charge on any atom is -0.492 e. The molecule has 1 spiro atoms. The summed E-state index contributed by atoms with van der Waals surface area (Å²) in [7, 11) is 0. The van der Waals surface area contributed by atoms with Gasteiger partial charge in [0.1, 0.15) is 11.6 Å². The number of para-hydroxylation sites is 1. The lowest BCUT2D eigenvalue weighted by molar-refractivity contribution is 0.169. The second-order valence-electron chi connectivity index (χ2n) is 7.97. The Bertz CT molecular complexity index is 956. The van der Waals surface area contributed by atoms with E-state index in [9.17, 15) is 0 Å². The molecule has 1 aliphatic heterocycles. The second kappa shape index (κ2) is 6.02. The van der Waals surface area contributed by atoms with E-state index in [0.29, 0.717) is 11.8 Å². The summed E-state index contributed by atoms with van der Waals surface area (Å²) in [6.07, 6.45) is 4.84. The molecule has 0 unspecified atom stereocenters. The molecule has 1 saturated carbocycles. The average molecular weight is 367 g/mol. The number of aromatic amines is 1. The molecule has 5 rings (SSSR count). The number of benzene rings is 2. The van der Waals surface area contributed by atoms with Crippen LogP contribution in [0.2, 0.25) is 5.02 Å². The summed E-state index contributed by atoms with van der Waals surface area (Å²) in [5.74, 6) is 3.26. The number of hydrogen-bond donors (Lipinski definition) is 1. The lowest BCUT2D eigenvalue weighted by atomic mass is 9.65. The van der Waals surface area contributed by atoms with Gasteiger partial charge in [0, 0.05) is 21.9 Å². The zero-order valence-electron chi connectivity index (χ0n) is 15.0. The minimum atomic E-state index is 0.230. The Hall–Kier alpha value is -2.00. The number of rotatable bonds is 2. The molecule has 0 radical (unpaired) electrons. The van der Waals surface area contributed by atoms with Crippen LogP contribution in [-0.2, 0) is 5.41 Å². The first-order chi connectivity index (χ1) is 12.6. The molecule has 2 aliphatic rings. The van der Waals surface area contributed by atoms with Crippen LogP contribution in [0.3, 0.4) is 0 Å². The highest BCUT2D eigenvalue weighted by molar-refractivity contribution is 6.31. The Morgan fingerprint density at radius 3 is 2.85 bits per heavy atom. The van der Waals surface area contributed by atoms with E-state index in [2.05, 4.69) is 36.2 Å². The highest BCUT2D eigenvalue weighted by Gasteiger charge is 2.44. The summed E-state index contributed by atoms with van der Waals surface area (Å²) in [5, 5.41) is 0.750. The lowest BCUT2D eigenvalue weighted by Gasteiger charge is -2.38. The highest BCUT2D eigenvalue weighted by atomic mass is 35.5. The first-order valence-corrected chi connectivity index (χ1v) is 9.90. The fourth-order valence-corrected chi connectivity index (χ4v) is 5.04. The van der Waals surface area contributed by atoms with E-state index in [1.165, 1.54) is 31.2 Å². The number of hydrogen-bond acceptors (Lipinski definition) is 2. The summed E-state index contributed by atoms with van der Waals surface area (Å²) in [5.41, 5.74) is 3.68. The molecule has 1 aliphatic carbocycles. The van der Waals surface area contributed by atoms with Crippen LogP contribution in [0.4, 0.5) is 0 Å². The van der Waals surface area contributed by atoms with Crippen LogP contribution >= 0.6 is 11.6 Å². The Morgan fingerprint density at radius 2 is 2.00 bits per heavy atom. The normalized spacial score (nSPS) is 26.0. The molecule has 3 nitrogen and oxygen atoms in total. The van der Waals surface area contributed by atoms with Crippen molar-refractivity contribution in [3.8, 4) is 5.75 Å². The predicted octanol–water partition coefficient (Wildman–Crippen LogP) is 5.84. The van der Waals surface area contributed by atoms with Crippen molar-refractivity contribution in [1.82, 2.24) is 9.97 Å². The van der Waals surface area contributed by atoms with Gasteiger partial charge in [0.25, 0.3) is 0 Å². The van der Waals surface area contributed by atoms with Crippen LogP contribution in [-0.4, -0.2) is 16.6 Å². The number of nitrogens with zero attached hydrogens (tertiary/aromatic N) is 1. The smallest absolute Gasteiger partial charge is 0.123 e. The first-order valence-electron chi connectivity index (χ1n) is 9.52. The lowest BCUT2D eigenvalue weighted by Crippen LogP contribution is -2.34. The second-order valence-corrected chi connectivity index (χ2v) is 8.41. The summed E-state index contributed by atoms with van der Waals surface area (Å²) in [6.45, 7) is 3.15. The van der Waals surface area contributed by atoms with Crippen LogP contribution < -0.4 is 4.74 Å². The number of nitrogens with one attached hydrogen (secondary N) is 1. The molecule has 2 aromatic carbocycles. The van der Waals surface area contributed by atoms with Gasteiger partial charge in [0.15, 0.2) is 0 Å². The molecule has 0 bridgehead atoms. The number of imidazole rings is 1. The van der Waals surface area contributed by atoms with Gasteiger partial charge in [-0.15, -0.1) is 0 Å². The fourth-order valence-electron chi connectivity index (χ4n) is 4.87. The molecular formula is C22H23ClN2O. The Balaban J connectivity index is 1.35. The van der Waals surface area contributed by atoms with Crippen LogP contribution in [0.5, 0.6) is 5.75 Å². The number of ether oxygens (including phenoxy) is 1. The SMILES string of the molecule is C[C@H](c1nc2ccc(Cl)cc2[nH]1)[C@H]1CC[C@@]2(CC1)COc1ccccc12. The van der Waals surface area contributed by atoms with E-state index in [4.69, 9.17) is 21.3 Å². The zero-order valence-corrected chi connectivity index (χ0v) is 15.7. The third-order valence-electron chi connectivity index (χ3n) is 6.55. The zero-order chi connectivity index (χ0) is 17.7. The van der Waals surface area contributed by atoms with Gasteiger partial charge in [-0.3, -0.25) is 0 Å². The molecule has 4 heteroatoms. The maximum Gasteiger partial charge on any atom is 0.123 e. The van der Waals surface area contributed by atoms with Crippen LogP contribution in [0, 0.1) is 5.92 Å². The van der Waals surface area contributed by atoms with Crippen molar-refractivity contribution in [3.05, 3.63) is 58.9 Å². The average Bonchev–Trinajstić information content (AvgIpc) is 3.24. The van der Waals surface area contributed by atoms with Crippen LogP contribution in [0.15, 0.2) is 42.5 Å². The molecule has 1 atom stereocenters. The number of aromatic nitrogens is 2. The van der Waals surface area contributed by atoms with Crippen molar-refractivity contribution in [2.24, 2.45) is 5.92 Å². The molecule has 26 heavy (non-hydrogen) atoms. The molecule has 0 saturated heterocycles. The third kappa shape index (κ3) is 2.52. The van der Waals surface area contributed by atoms with E-state index in [1.54, 1.807) is 0 Å². The van der Waals surface area contributed by atoms with Crippen LogP contribution in [0.25, 0.3) is 11.0 Å². The van der Waals surface area contributed by atoms with Gasteiger partial charge in [0.05, 0.1) is 17.6 Å². The molecule has 134 valence electrons. The Morgan fingerprint density at radius 1 is 1.19 bits per heavy atom. The van der Waals surface area contributed by atoms with E-state index in [-0.39, 0.29) is 5.41 Å². The molecule has 1 fully saturated rings. The molecule has 1 aromatic heterocycles. The van der Waals surface area contributed by atoms with Crippen molar-refractivity contribution >= 4 is 22.6 Å². The Labute approximate surface area is 158 Å². The molecule has 0 amide bonds. The molecular weight excluding hydrogens is 344 g/mol. The molecule has 2 heterocycles. The highest BCUT2D eigenvalue weighted by Crippen LogP contribution is 2.50. The van der Waals surface area contributed by atoms with Crippen molar-refractivity contribution in [2.45, 2.75) is 43.9 Å². The van der Waals surface area contributed by atoms with Gasteiger partial charge in [-0.25, -0.2) is 4.98 Å². The summed E-state index contributed by atoms with van der Waals surface area (Å²) in [6, 6.07) is 14.4. The maximum atomic E-state index is 6.11. The fraction of sp³-hybridized carbons (Fsp3) is 0.409. The van der Waals surface area contributed by atoms with Gasteiger partial charge in [0.2, 0.25) is 0 Å². The number of halogens is 1. The minimum absolute atomic E-state index is 0.230. The summed E-state index contributed by atoms with van der Waals surface area (Å²) in [4.78, 5) is 8.30. The van der Waals surface area contributed by atoms with Crippen molar-refractivity contribution < 1.29 is 4.74 Å². The van der Waals surface area contributed by atoms with E-state index in [1.807, 2.05) is 18.2 Å². The standard InChI is InChI=1S/C22H23ClN2O/c1-14(21-24-18-7-6-16(23)12-19(18)25-21)15-8-10-22(11-9-15)13-26-20-5-3-2-4-17(20)22/h2-7,12,14-15H,8-11,13H2,1H3,(H,24,25)/t14-,15-,22+/m0/s1. The van der Waals surface area contributed by atoms with Crippen molar-refractivity contribution in [2.75, 3.05) is 6.61 Å². The third-order valence-corrected chi connectivity index (χ3v) is 6.79. The topological polar surface area (TPSA) is 37.9 Å². The predicted molar refractivity (Wildman–Crippen MR) is 105 cm³/mol. The van der Waals surface area contributed by atoms with Crippen molar-refractivity contribution in [1.29, 1.82) is 0 Å². The van der Waals surface area contributed by atoms with Gasteiger partial charge < -0.3 is 9.72 Å². The summed E-state index contributed by atoms with van der Waals surface area (Å²) >= 11 is 6.11. The number of fused-ring (bicyclic) bond motifs is 3. The largest absolute Gasteiger partial charge is 0.492 e. The van der Waals surface area contributed by atoms with E-state index >= 15 is 0 Å². The number of H-pyrrole nitrogens is 1. The van der Waals surface area contributed by atoms with Gasteiger partial charge in [-0.2, -0.15) is 0 Å². The van der Waals surface area contributed by atoms with Crippen molar-refractivity contribution in [3.63, 3.8) is 0 Å². The quantitative estimate of drug-likeness (QED) is 0.618. The van der Waals surface area contributed by atoms with Gasteiger partial charge in [-0.05, 0) is 55.9 Å². The molecule has 1 N–H and O–H groups in total. The maximum absolute atomic E-state index is 6.11. The Kier molecular flexibility index (Phi) is 3.75. The molecule has 3 aromatic rings.